The van der Waals surface area contributed by atoms with E-state index in [1.54, 1.807) is 26.8 Å². The van der Waals surface area contributed by atoms with E-state index in [1.165, 1.54) is 12.2 Å². The number of benzene rings is 2. The molecule has 0 unspecified atom stereocenters. The molecule has 0 spiro atoms. The molecule has 2 aromatic carbocycles. The predicted octanol–water partition coefficient (Wildman–Crippen LogP) is 3.67. The van der Waals surface area contributed by atoms with Crippen molar-refractivity contribution >= 4 is 23.5 Å². The molecule has 0 aromatic heterocycles. The summed E-state index contributed by atoms with van der Waals surface area (Å²) in [5.74, 6) is -2.47. The highest BCUT2D eigenvalue weighted by atomic mass is 19.1. The maximum atomic E-state index is 16.9. The molecule has 1 aliphatic heterocycles. The van der Waals surface area contributed by atoms with Gasteiger partial charge in [-0.25, -0.2) is 9.18 Å². The Kier molecular flexibility index (Phi) is 7.93. The summed E-state index contributed by atoms with van der Waals surface area (Å²) in [4.78, 5) is 48.3. The van der Waals surface area contributed by atoms with Crippen molar-refractivity contribution < 1.29 is 38.9 Å². The zero-order chi connectivity index (χ0) is 34.0. The number of imide groups is 1. The molecular formula is C37H41FN2O7. The Hall–Kier alpha value is -3.99. The lowest BCUT2D eigenvalue weighted by atomic mass is 9.44. The number of aliphatic hydroxyl groups is 3. The van der Waals surface area contributed by atoms with Gasteiger partial charge in [-0.3, -0.25) is 19.7 Å². The number of ketones is 2. The van der Waals surface area contributed by atoms with Crippen LogP contribution in [-0.2, 0) is 19.9 Å². The lowest BCUT2D eigenvalue weighted by Gasteiger charge is -2.62. The number of rotatable bonds is 4. The van der Waals surface area contributed by atoms with E-state index in [1.807, 2.05) is 60.7 Å². The Morgan fingerprint density at radius 1 is 0.979 bits per heavy atom. The van der Waals surface area contributed by atoms with E-state index >= 15 is 4.39 Å². The number of allylic oxidation sites excluding steroid dienone is 4. The smallest absolute Gasteiger partial charge is 0.322 e. The number of fused-ring (bicyclic) bond motifs is 5. The van der Waals surface area contributed by atoms with E-state index < -0.39 is 64.0 Å². The molecule has 0 radical (unpaired) electrons. The highest BCUT2D eigenvalue weighted by Crippen LogP contribution is 2.70. The van der Waals surface area contributed by atoms with Crippen LogP contribution in [0, 0.1) is 28.6 Å². The molecule has 7 rings (SSSR count). The first-order chi connectivity index (χ1) is 22.2. The molecule has 248 valence electrons. The third kappa shape index (κ3) is 4.44. The van der Waals surface area contributed by atoms with E-state index in [9.17, 15) is 34.5 Å². The van der Waals surface area contributed by atoms with Crippen LogP contribution in [0.15, 0.2) is 84.5 Å². The van der Waals surface area contributed by atoms with Gasteiger partial charge in [0.1, 0.15) is 12.2 Å². The summed E-state index contributed by atoms with van der Waals surface area (Å²) in [7, 11) is 0. The van der Waals surface area contributed by atoms with E-state index in [2.05, 4.69) is 10.6 Å². The molecule has 8 atom stereocenters. The van der Waals surface area contributed by atoms with Gasteiger partial charge in [0.05, 0.1) is 6.10 Å². The number of carbonyl (C=O) groups excluding carboxylic acids is 4. The van der Waals surface area contributed by atoms with Gasteiger partial charge in [-0.15, -0.1) is 0 Å². The van der Waals surface area contributed by atoms with Crippen molar-refractivity contribution in [1.82, 2.24) is 10.6 Å². The number of aliphatic hydroxyl groups excluding tert-OH is 2. The third-order valence-corrected chi connectivity index (χ3v) is 12.1. The Labute approximate surface area is 273 Å². The first kappa shape index (κ1) is 32.9. The van der Waals surface area contributed by atoms with Gasteiger partial charge >= 0.3 is 6.03 Å². The second-order valence-electron chi connectivity index (χ2n) is 14.1. The normalized spacial score (nSPS) is 38.1. The average molecular weight is 645 g/mol. The van der Waals surface area contributed by atoms with E-state index in [4.69, 9.17) is 0 Å². The maximum absolute atomic E-state index is 16.9. The zero-order valence-corrected chi connectivity index (χ0v) is 26.7. The van der Waals surface area contributed by atoms with Gasteiger partial charge < -0.3 is 20.6 Å². The Balaban J connectivity index is 0.000000177. The Bertz CT molecular complexity index is 1640. The minimum Gasteiger partial charge on any atom is -0.390 e. The van der Waals surface area contributed by atoms with Gasteiger partial charge in [-0.1, -0.05) is 86.2 Å². The number of halogens is 1. The number of Topliss-reactive ketones (excluding diaryl/α,β-unsaturated/α-hetero) is 1. The molecule has 4 fully saturated rings. The summed E-state index contributed by atoms with van der Waals surface area (Å²) in [5.41, 5.74) is -4.83. The molecule has 3 amide bonds. The van der Waals surface area contributed by atoms with Gasteiger partial charge in [-0.2, -0.15) is 0 Å². The standard InChI is InChI=1S/C22H29FO5.C15H12N2O2/c1-12-8-16-15-5-4-13-9-14(25)6-7-19(13,2)21(15,23)17(26)10-20(16,3)22(12,28)18(27)11-24;18-13-15(17-14(19)16-13,11-7-3-1-4-8-11)12-9-5-2-6-10-12/h6-7,9,12,15-17,24,26,28H,4-5,8,10-11H2,1-3H3;1-10H,(H2,16,17,18,19)/t12-,15+,16+,17+,19+,20+,21+,22+;/m1./s1. The van der Waals surface area contributed by atoms with Crippen molar-refractivity contribution in [3.63, 3.8) is 0 Å². The lowest BCUT2D eigenvalue weighted by molar-refractivity contribution is -0.219. The molecule has 47 heavy (non-hydrogen) atoms. The minimum atomic E-state index is -1.98. The fourth-order valence-electron chi connectivity index (χ4n) is 9.67. The number of carbonyl (C=O) groups is 4. The molecule has 4 aliphatic carbocycles. The Morgan fingerprint density at radius 3 is 2.11 bits per heavy atom. The lowest BCUT2D eigenvalue weighted by Crippen LogP contribution is -2.69. The molecule has 5 N–H and O–H groups in total. The molecule has 2 aromatic rings. The van der Waals surface area contributed by atoms with Crippen LogP contribution in [0.2, 0.25) is 0 Å². The first-order valence-corrected chi connectivity index (χ1v) is 16.1. The predicted molar refractivity (Wildman–Crippen MR) is 170 cm³/mol. The number of urea groups is 1. The van der Waals surface area contributed by atoms with Gasteiger partial charge in [0.15, 0.2) is 22.8 Å². The van der Waals surface area contributed by atoms with Crippen molar-refractivity contribution in [2.45, 2.75) is 69.4 Å². The van der Waals surface area contributed by atoms with Crippen LogP contribution < -0.4 is 10.6 Å². The topological polar surface area (TPSA) is 153 Å². The van der Waals surface area contributed by atoms with Crippen LogP contribution in [0.4, 0.5) is 9.18 Å². The van der Waals surface area contributed by atoms with Crippen LogP contribution in [0.1, 0.15) is 57.6 Å². The zero-order valence-electron chi connectivity index (χ0n) is 26.7. The minimum absolute atomic E-state index is 0.0676. The van der Waals surface area contributed by atoms with E-state index in [0.29, 0.717) is 24.8 Å². The van der Waals surface area contributed by atoms with Gasteiger partial charge in [0.25, 0.3) is 5.91 Å². The monoisotopic (exact) mass is 644 g/mol. The van der Waals surface area contributed by atoms with Crippen molar-refractivity contribution in [2.75, 3.05) is 6.61 Å². The summed E-state index contributed by atoms with van der Waals surface area (Å²) < 4.78 is 16.9. The summed E-state index contributed by atoms with van der Waals surface area (Å²) in [6.07, 6.45) is 4.44. The molecule has 3 saturated carbocycles. The molecule has 0 bridgehead atoms. The van der Waals surface area contributed by atoms with Crippen molar-refractivity contribution in [3.05, 3.63) is 95.6 Å². The quantitative estimate of drug-likeness (QED) is 0.319. The first-order valence-electron chi connectivity index (χ1n) is 16.1. The summed E-state index contributed by atoms with van der Waals surface area (Å²) in [6, 6.07) is 18.0. The summed E-state index contributed by atoms with van der Waals surface area (Å²) in [6.45, 7) is 4.48. The number of alkyl halides is 1. The summed E-state index contributed by atoms with van der Waals surface area (Å²) in [5, 5.41) is 37.0. The van der Waals surface area contributed by atoms with E-state index in [0.717, 1.165) is 11.1 Å². The number of hydrogen-bond acceptors (Lipinski definition) is 7. The number of amides is 3. The molecule has 5 aliphatic rings. The van der Waals surface area contributed by atoms with Crippen LogP contribution in [0.3, 0.4) is 0 Å². The average Bonchev–Trinajstić information content (AvgIpc) is 3.48. The van der Waals surface area contributed by atoms with Gasteiger partial charge in [0.2, 0.25) is 0 Å². The van der Waals surface area contributed by atoms with Crippen molar-refractivity contribution in [2.24, 2.45) is 28.6 Å². The number of hydrogen-bond donors (Lipinski definition) is 5. The van der Waals surface area contributed by atoms with Crippen LogP contribution in [0.25, 0.3) is 0 Å². The Morgan fingerprint density at radius 2 is 1.57 bits per heavy atom. The fraction of sp³-hybridized carbons (Fsp3) is 0.459. The summed E-state index contributed by atoms with van der Waals surface area (Å²) >= 11 is 0. The van der Waals surface area contributed by atoms with Crippen LogP contribution in [-0.4, -0.2) is 62.8 Å². The third-order valence-electron chi connectivity index (χ3n) is 12.1. The van der Waals surface area contributed by atoms with Crippen LogP contribution in [0.5, 0.6) is 0 Å². The molecular weight excluding hydrogens is 603 g/mol. The molecule has 1 saturated heterocycles. The second-order valence-corrected chi connectivity index (χ2v) is 14.1. The molecule has 10 heteroatoms. The van der Waals surface area contributed by atoms with Crippen LogP contribution >= 0.6 is 0 Å². The maximum Gasteiger partial charge on any atom is 0.322 e. The fourth-order valence-corrected chi connectivity index (χ4v) is 9.67. The highest BCUT2D eigenvalue weighted by Gasteiger charge is 2.75. The van der Waals surface area contributed by atoms with E-state index in [-0.39, 0.29) is 24.0 Å². The highest BCUT2D eigenvalue weighted by molar-refractivity contribution is 6.09. The van der Waals surface area contributed by atoms with Gasteiger partial charge in [-0.05, 0) is 67.7 Å². The SMILES string of the molecule is C[C@@H]1C[C@H]2[C@@H]3CCC4=CC(=O)C=C[C@]4(C)[C@@]3(F)[C@@H](O)C[C@]2(C)[C@@]1(O)C(=O)CO.O=C1NC(=O)C(c2ccccc2)(c2ccccc2)N1. The number of nitrogens with one attached hydrogen (secondary N) is 2. The second kappa shape index (κ2) is 11.3. The molecule has 1 heterocycles. The van der Waals surface area contributed by atoms with Gasteiger partial charge in [0, 0.05) is 16.7 Å². The van der Waals surface area contributed by atoms with Crippen molar-refractivity contribution in [1.29, 1.82) is 0 Å². The van der Waals surface area contributed by atoms with Crippen molar-refractivity contribution in [3.8, 4) is 0 Å². The largest absolute Gasteiger partial charge is 0.390 e. The molecule has 9 nitrogen and oxygen atoms in total.